The first-order valence-electron chi connectivity index (χ1n) is 4.45. The van der Waals surface area contributed by atoms with Gasteiger partial charge >= 0.3 is 0 Å². The van der Waals surface area contributed by atoms with E-state index in [0.717, 1.165) is 18.6 Å². The average molecular weight is 184 g/mol. The third-order valence-corrected chi connectivity index (χ3v) is 3.29. The molecule has 1 N–H and O–H groups in total. The van der Waals surface area contributed by atoms with Crippen molar-refractivity contribution in [3.63, 3.8) is 0 Å². The highest BCUT2D eigenvalue weighted by Crippen LogP contribution is 2.26. The topological polar surface area (TPSA) is 35.8 Å². The first-order chi connectivity index (χ1) is 5.68. The Labute approximate surface area is 78.7 Å². The molecule has 12 heavy (non-hydrogen) atoms. The monoisotopic (exact) mass is 184 g/mol. The van der Waals surface area contributed by atoms with Gasteiger partial charge in [0.1, 0.15) is 5.54 Å². The summed E-state index contributed by atoms with van der Waals surface area (Å²) in [5, 5.41) is 12.4. The smallest absolute Gasteiger partial charge is 0.116 e. The van der Waals surface area contributed by atoms with Gasteiger partial charge in [0, 0.05) is 11.8 Å². The van der Waals surface area contributed by atoms with Crippen LogP contribution in [0.5, 0.6) is 0 Å². The summed E-state index contributed by atoms with van der Waals surface area (Å²) in [5.74, 6) is 2.16. The molecule has 0 spiro atoms. The van der Waals surface area contributed by atoms with Crippen LogP contribution < -0.4 is 5.32 Å². The van der Waals surface area contributed by atoms with E-state index in [1.807, 2.05) is 11.8 Å². The number of nitrogens with zero attached hydrogens (tertiary/aromatic N) is 1. The van der Waals surface area contributed by atoms with E-state index < -0.39 is 0 Å². The zero-order valence-electron chi connectivity index (χ0n) is 7.76. The number of thioether (sulfide) groups is 1. The molecule has 0 radical (unpaired) electrons. The van der Waals surface area contributed by atoms with Crippen LogP contribution in [-0.2, 0) is 0 Å². The molecular weight excluding hydrogens is 168 g/mol. The summed E-state index contributed by atoms with van der Waals surface area (Å²) in [4.78, 5) is 0. The quantitative estimate of drug-likeness (QED) is 0.710. The second kappa shape index (κ2) is 4.15. The lowest BCUT2D eigenvalue weighted by atomic mass is 9.96. The molecule has 1 fully saturated rings. The summed E-state index contributed by atoms with van der Waals surface area (Å²) < 4.78 is 0. The lowest BCUT2D eigenvalue weighted by Crippen LogP contribution is -2.51. The van der Waals surface area contributed by atoms with E-state index in [1.165, 1.54) is 5.75 Å². The summed E-state index contributed by atoms with van der Waals surface area (Å²) in [6, 6.07) is 2.82. The molecule has 2 nitrogen and oxygen atoms in total. The van der Waals surface area contributed by atoms with Gasteiger partial charge < -0.3 is 0 Å². The normalized spacial score (nSPS) is 30.2. The number of nitrogens with one attached hydrogen (secondary N) is 1. The zero-order chi connectivity index (χ0) is 9.03. The van der Waals surface area contributed by atoms with Crippen molar-refractivity contribution in [3.8, 4) is 6.07 Å². The molecule has 1 atom stereocenters. The minimum absolute atomic E-state index is 0.239. The fraction of sp³-hybridized carbons (Fsp3) is 0.889. The Kier molecular flexibility index (Phi) is 3.42. The molecule has 0 aliphatic carbocycles. The van der Waals surface area contributed by atoms with Crippen molar-refractivity contribution in [1.82, 2.24) is 5.32 Å². The lowest BCUT2D eigenvalue weighted by molar-refractivity contribution is 0.380. The number of hydrogen-bond donors (Lipinski definition) is 1. The van der Waals surface area contributed by atoms with Gasteiger partial charge in [-0.05, 0) is 32.4 Å². The van der Waals surface area contributed by atoms with Crippen LogP contribution in [0.1, 0.15) is 26.7 Å². The molecule has 1 heterocycles. The maximum absolute atomic E-state index is 9.06. The Morgan fingerprint density at radius 1 is 1.58 bits per heavy atom. The van der Waals surface area contributed by atoms with Crippen molar-refractivity contribution >= 4 is 11.8 Å². The summed E-state index contributed by atoms with van der Waals surface area (Å²) in [5.41, 5.74) is -0.239. The Bertz CT molecular complexity index is 177. The van der Waals surface area contributed by atoms with Gasteiger partial charge in [-0.2, -0.15) is 17.0 Å². The number of hydrogen-bond acceptors (Lipinski definition) is 3. The Morgan fingerprint density at radius 2 is 2.33 bits per heavy atom. The van der Waals surface area contributed by atoms with E-state index in [-0.39, 0.29) is 5.54 Å². The molecule has 1 rings (SSSR count). The van der Waals surface area contributed by atoms with Crippen LogP contribution in [0.4, 0.5) is 0 Å². The molecule has 0 amide bonds. The largest absolute Gasteiger partial charge is 0.296 e. The summed E-state index contributed by atoms with van der Waals surface area (Å²) in [7, 11) is 0. The van der Waals surface area contributed by atoms with Gasteiger partial charge in [0.25, 0.3) is 0 Å². The SMILES string of the molecule is CC(C)NC1(C#N)CCCSC1. The molecule has 0 aromatic heterocycles. The van der Waals surface area contributed by atoms with Crippen molar-refractivity contribution in [1.29, 1.82) is 5.26 Å². The van der Waals surface area contributed by atoms with Gasteiger partial charge in [-0.1, -0.05) is 0 Å². The van der Waals surface area contributed by atoms with E-state index in [9.17, 15) is 0 Å². The molecule has 0 bridgehead atoms. The van der Waals surface area contributed by atoms with Crippen molar-refractivity contribution < 1.29 is 0 Å². The molecule has 0 saturated carbocycles. The summed E-state index contributed by atoms with van der Waals surface area (Å²) in [6.07, 6.45) is 2.17. The van der Waals surface area contributed by atoms with E-state index in [0.29, 0.717) is 6.04 Å². The predicted molar refractivity (Wildman–Crippen MR) is 53.2 cm³/mol. The summed E-state index contributed by atoms with van der Waals surface area (Å²) in [6.45, 7) is 4.19. The fourth-order valence-corrected chi connectivity index (χ4v) is 2.71. The number of nitriles is 1. The van der Waals surface area contributed by atoms with Crippen LogP contribution in [0.2, 0.25) is 0 Å². The first kappa shape index (κ1) is 9.88. The highest BCUT2D eigenvalue weighted by atomic mass is 32.2. The first-order valence-corrected chi connectivity index (χ1v) is 5.61. The van der Waals surface area contributed by atoms with Crippen molar-refractivity contribution in [2.24, 2.45) is 0 Å². The van der Waals surface area contributed by atoms with Crippen LogP contribution in [-0.4, -0.2) is 23.1 Å². The Morgan fingerprint density at radius 3 is 2.75 bits per heavy atom. The maximum Gasteiger partial charge on any atom is 0.116 e. The molecule has 1 saturated heterocycles. The Balaban J connectivity index is 2.55. The van der Waals surface area contributed by atoms with E-state index >= 15 is 0 Å². The van der Waals surface area contributed by atoms with Gasteiger partial charge in [0.05, 0.1) is 6.07 Å². The highest BCUT2D eigenvalue weighted by Gasteiger charge is 2.32. The average Bonchev–Trinajstić information content (AvgIpc) is 2.05. The third kappa shape index (κ3) is 2.40. The second-order valence-electron chi connectivity index (χ2n) is 3.65. The summed E-state index contributed by atoms with van der Waals surface area (Å²) >= 11 is 1.88. The third-order valence-electron chi connectivity index (χ3n) is 2.02. The predicted octanol–water partition coefficient (Wildman–Crippen LogP) is 1.77. The lowest BCUT2D eigenvalue weighted by Gasteiger charge is -2.33. The minimum Gasteiger partial charge on any atom is -0.296 e. The van der Waals surface area contributed by atoms with Crippen LogP contribution >= 0.6 is 11.8 Å². The molecule has 0 aromatic carbocycles. The fourth-order valence-electron chi connectivity index (χ4n) is 1.58. The van der Waals surface area contributed by atoms with Crippen LogP contribution in [0.3, 0.4) is 0 Å². The standard InChI is InChI=1S/C9H16N2S/c1-8(2)11-9(6-10)4-3-5-12-7-9/h8,11H,3-5,7H2,1-2H3. The molecule has 0 aromatic rings. The minimum atomic E-state index is -0.239. The highest BCUT2D eigenvalue weighted by molar-refractivity contribution is 7.99. The van der Waals surface area contributed by atoms with Crippen LogP contribution in [0, 0.1) is 11.3 Å². The van der Waals surface area contributed by atoms with E-state index in [4.69, 9.17) is 5.26 Å². The maximum atomic E-state index is 9.06. The van der Waals surface area contributed by atoms with E-state index in [1.54, 1.807) is 0 Å². The second-order valence-corrected chi connectivity index (χ2v) is 4.75. The van der Waals surface area contributed by atoms with Gasteiger partial charge in [0.15, 0.2) is 0 Å². The van der Waals surface area contributed by atoms with Crippen molar-refractivity contribution in [2.45, 2.75) is 38.3 Å². The zero-order valence-corrected chi connectivity index (χ0v) is 8.58. The van der Waals surface area contributed by atoms with Crippen LogP contribution in [0.25, 0.3) is 0 Å². The molecule has 68 valence electrons. The molecule has 1 unspecified atom stereocenters. The van der Waals surface area contributed by atoms with Crippen LogP contribution in [0.15, 0.2) is 0 Å². The molecule has 1 aliphatic rings. The Hall–Kier alpha value is -0.200. The van der Waals surface area contributed by atoms with Gasteiger partial charge in [-0.3, -0.25) is 5.32 Å². The molecular formula is C9H16N2S. The number of rotatable bonds is 2. The van der Waals surface area contributed by atoms with Gasteiger partial charge in [0.2, 0.25) is 0 Å². The van der Waals surface area contributed by atoms with Gasteiger partial charge in [-0.15, -0.1) is 0 Å². The molecule has 1 aliphatic heterocycles. The van der Waals surface area contributed by atoms with Crippen molar-refractivity contribution in [3.05, 3.63) is 0 Å². The van der Waals surface area contributed by atoms with Gasteiger partial charge in [-0.25, -0.2) is 0 Å². The molecule has 3 heteroatoms. The van der Waals surface area contributed by atoms with Crippen molar-refractivity contribution in [2.75, 3.05) is 11.5 Å². The van der Waals surface area contributed by atoms with E-state index in [2.05, 4.69) is 25.2 Å².